The summed E-state index contributed by atoms with van der Waals surface area (Å²) in [6.45, 7) is 6.71. The summed E-state index contributed by atoms with van der Waals surface area (Å²) in [4.78, 5) is 8.62. The summed E-state index contributed by atoms with van der Waals surface area (Å²) in [7, 11) is 1.67. The zero-order valence-electron chi connectivity index (χ0n) is 8.66. The molecule has 0 aliphatic rings. The molecule has 3 nitrogen and oxygen atoms in total. The van der Waals surface area contributed by atoms with E-state index in [2.05, 4.69) is 23.8 Å². The molecule has 1 heterocycles. The van der Waals surface area contributed by atoms with Crippen LogP contribution in [0.1, 0.15) is 37.0 Å². The largest absolute Gasteiger partial charge is 0.378 e. The second-order valence-corrected chi connectivity index (χ2v) is 3.42. The molecule has 0 radical (unpaired) electrons. The van der Waals surface area contributed by atoms with Gasteiger partial charge in [-0.05, 0) is 18.9 Å². The van der Waals surface area contributed by atoms with Crippen molar-refractivity contribution in [3.8, 4) is 0 Å². The normalized spacial score (nSPS) is 10.8. The predicted molar refractivity (Wildman–Crippen MR) is 51.6 cm³/mol. The van der Waals surface area contributed by atoms with Gasteiger partial charge in [0.1, 0.15) is 5.82 Å². The highest BCUT2D eigenvalue weighted by Gasteiger charge is 2.04. The Morgan fingerprint density at radius 3 is 2.62 bits per heavy atom. The Morgan fingerprint density at radius 2 is 2.08 bits per heavy atom. The maximum atomic E-state index is 5.03. The molecule has 0 unspecified atom stereocenters. The quantitative estimate of drug-likeness (QED) is 0.714. The van der Waals surface area contributed by atoms with Crippen molar-refractivity contribution in [1.29, 1.82) is 0 Å². The van der Waals surface area contributed by atoms with Crippen LogP contribution in [0.4, 0.5) is 0 Å². The highest BCUT2D eigenvalue weighted by Crippen LogP contribution is 2.12. The Bertz CT molecular complexity index is 284. The molecule has 1 aromatic heterocycles. The van der Waals surface area contributed by atoms with Gasteiger partial charge in [-0.25, -0.2) is 9.97 Å². The van der Waals surface area contributed by atoms with Crippen LogP contribution in [0.3, 0.4) is 0 Å². The Hall–Kier alpha value is -0.960. The van der Waals surface area contributed by atoms with Gasteiger partial charge in [-0.2, -0.15) is 0 Å². The van der Waals surface area contributed by atoms with Crippen LogP contribution in [0.5, 0.6) is 0 Å². The van der Waals surface area contributed by atoms with Crippen molar-refractivity contribution in [3.05, 3.63) is 23.3 Å². The summed E-state index contributed by atoms with van der Waals surface area (Å²) in [5, 5.41) is 0. The highest BCUT2D eigenvalue weighted by molar-refractivity contribution is 5.13. The molecule has 0 N–H and O–H groups in total. The van der Waals surface area contributed by atoms with E-state index in [0.717, 1.165) is 17.2 Å². The zero-order valence-corrected chi connectivity index (χ0v) is 8.66. The fourth-order valence-electron chi connectivity index (χ4n) is 1.17. The Labute approximate surface area is 79.2 Å². The van der Waals surface area contributed by atoms with Crippen LogP contribution >= 0.6 is 0 Å². The summed E-state index contributed by atoms with van der Waals surface area (Å²) in [6, 6.07) is 2.00. The number of nitrogens with zero attached hydrogens (tertiary/aromatic N) is 2. The van der Waals surface area contributed by atoms with Crippen LogP contribution in [0.25, 0.3) is 0 Å². The average Bonchev–Trinajstić information content (AvgIpc) is 2.03. The molecule has 3 heteroatoms. The summed E-state index contributed by atoms with van der Waals surface area (Å²) in [6.07, 6.45) is 0. The molecule has 0 saturated heterocycles. The first-order valence-corrected chi connectivity index (χ1v) is 4.47. The number of methoxy groups -OCH3 is 1. The van der Waals surface area contributed by atoms with E-state index < -0.39 is 0 Å². The van der Waals surface area contributed by atoms with E-state index in [-0.39, 0.29) is 0 Å². The number of ether oxygens (including phenoxy) is 1. The molecule has 0 aromatic carbocycles. The molecule has 0 aliphatic carbocycles. The maximum absolute atomic E-state index is 5.03. The lowest BCUT2D eigenvalue weighted by Gasteiger charge is -2.07. The lowest BCUT2D eigenvalue weighted by atomic mass is 10.1. The minimum absolute atomic E-state index is 0.442. The molecule has 0 aliphatic heterocycles. The molecule has 0 fully saturated rings. The topological polar surface area (TPSA) is 35.0 Å². The molecule has 0 atom stereocenters. The van der Waals surface area contributed by atoms with Crippen molar-refractivity contribution in [3.63, 3.8) is 0 Å². The Balaban J connectivity index is 2.96. The van der Waals surface area contributed by atoms with Crippen LogP contribution in [-0.2, 0) is 11.3 Å². The van der Waals surface area contributed by atoms with Gasteiger partial charge in [-0.15, -0.1) is 0 Å². The minimum Gasteiger partial charge on any atom is -0.378 e. The number of aromatic nitrogens is 2. The molecular weight excluding hydrogens is 164 g/mol. The molecular formula is C10H16N2O. The van der Waals surface area contributed by atoms with Crippen molar-refractivity contribution in [1.82, 2.24) is 9.97 Å². The van der Waals surface area contributed by atoms with Gasteiger partial charge in [0.05, 0.1) is 12.3 Å². The fourth-order valence-corrected chi connectivity index (χ4v) is 1.17. The SMILES string of the molecule is COCc1cc(C(C)C)nc(C)n1. The third-order valence-corrected chi connectivity index (χ3v) is 1.79. The van der Waals surface area contributed by atoms with Crippen LogP contribution in [0.15, 0.2) is 6.07 Å². The first-order chi connectivity index (χ1) is 6.13. The molecule has 0 saturated carbocycles. The smallest absolute Gasteiger partial charge is 0.125 e. The van der Waals surface area contributed by atoms with Crippen LogP contribution in [0.2, 0.25) is 0 Å². The zero-order chi connectivity index (χ0) is 9.84. The number of rotatable bonds is 3. The number of hydrogen-bond donors (Lipinski definition) is 0. The van der Waals surface area contributed by atoms with E-state index in [1.165, 1.54) is 0 Å². The lowest BCUT2D eigenvalue weighted by molar-refractivity contribution is 0.181. The van der Waals surface area contributed by atoms with E-state index >= 15 is 0 Å². The maximum Gasteiger partial charge on any atom is 0.125 e. The van der Waals surface area contributed by atoms with Crippen LogP contribution in [0, 0.1) is 6.92 Å². The van der Waals surface area contributed by atoms with E-state index in [0.29, 0.717) is 12.5 Å². The Kier molecular flexibility index (Phi) is 3.37. The van der Waals surface area contributed by atoms with E-state index in [1.807, 2.05) is 13.0 Å². The van der Waals surface area contributed by atoms with E-state index in [1.54, 1.807) is 7.11 Å². The molecule has 0 spiro atoms. The summed E-state index contributed by atoms with van der Waals surface area (Å²) < 4.78 is 5.03. The van der Waals surface area contributed by atoms with Gasteiger partial charge in [0, 0.05) is 12.8 Å². The molecule has 72 valence electrons. The monoisotopic (exact) mass is 180 g/mol. The van der Waals surface area contributed by atoms with Crippen molar-refractivity contribution >= 4 is 0 Å². The third kappa shape index (κ3) is 2.77. The molecule has 1 aromatic rings. The van der Waals surface area contributed by atoms with Gasteiger partial charge in [-0.1, -0.05) is 13.8 Å². The highest BCUT2D eigenvalue weighted by atomic mass is 16.5. The van der Waals surface area contributed by atoms with Gasteiger partial charge < -0.3 is 4.74 Å². The number of aryl methyl sites for hydroxylation is 1. The van der Waals surface area contributed by atoms with Crippen LogP contribution < -0.4 is 0 Å². The minimum atomic E-state index is 0.442. The van der Waals surface area contributed by atoms with E-state index in [4.69, 9.17) is 4.74 Å². The summed E-state index contributed by atoms with van der Waals surface area (Å²) in [5.41, 5.74) is 2.04. The second kappa shape index (κ2) is 4.33. The average molecular weight is 180 g/mol. The van der Waals surface area contributed by atoms with Gasteiger partial charge in [0.15, 0.2) is 0 Å². The second-order valence-electron chi connectivity index (χ2n) is 3.42. The van der Waals surface area contributed by atoms with Gasteiger partial charge in [-0.3, -0.25) is 0 Å². The number of hydrogen-bond acceptors (Lipinski definition) is 3. The standard InChI is InChI=1S/C10H16N2O/c1-7(2)10-5-9(6-13-4)11-8(3)12-10/h5,7H,6H2,1-4H3. The molecule has 1 rings (SSSR count). The predicted octanol–water partition coefficient (Wildman–Crippen LogP) is 2.05. The first kappa shape index (κ1) is 10.1. The first-order valence-electron chi connectivity index (χ1n) is 4.47. The molecule has 0 amide bonds. The van der Waals surface area contributed by atoms with Gasteiger partial charge in [0.25, 0.3) is 0 Å². The van der Waals surface area contributed by atoms with Crippen molar-refractivity contribution in [2.45, 2.75) is 33.3 Å². The fraction of sp³-hybridized carbons (Fsp3) is 0.600. The van der Waals surface area contributed by atoms with Crippen molar-refractivity contribution < 1.29 is 4.74 Å². The van der Waals surface area contributed by atoms with Crippen molar-refractivity contribution in [2.75, 3.05) is 7.11 Å². The lowest BCUT2D eigenvalue weighted by Crippen LogP contribution is -2.02. The third-order valence-electron chi connectivity index (χ3n) is 1.79. The molecule has 0 bridgehead atoms. The van der Waals surface area contributed by atoms with Gasteiger partial charge in [0.2, 0.25) is 0 Å². The molecule has 13 heavy (non-hydrogen) atoms. The van der Waals surface area contributed by atoms with E-state index in [9.17, 15) is 0 Å². The Morgan fingerprint density at radius 1 is 1.38 bits per heavy atom. The van der Waals surface area contributed by atoms with Gasteiger partial charge >= 0.3 is 0 Å². The summed E-state index contributed by atoms with van der Waals surface area (Å²) in [5.74, 6) is 1.26. The van der Waals surface area contributed by atoms with Crippen LogP contribution in [-0.4, -0.2) is 17.1 Å². The van der Waals surface area contributed by atoms with Crippen molar-refractivity contribution in [2.24, 2.45) is 0 Å². The summed E-state index contributed by atoms with van der Waals surface area (Å²) >= 11 is 0.